The first-order valence-corrected chi connectivity index (χ1v) is 6.66. The lowest BCUT2D eigenvalue weighted by atomic mass is 9.83. The lowest BCUT2D eigenvalue weighted by molar-refractivity contribution is 0.438. The molecule has 0 bridgehead atoms. The second-order valence-electron chi connectivity index (χ2n) is 4.79. The number of aryl methyl sites for hydroxylation is 1. The van der Waals surface area contributed by atoms with Crippen molar-refractivity contribution in [1.29, 1.82) is 0 Å². The normalized spacial score (nSPS) is 24.2. The van der Waals surface area contributed by atoms with Crippen LogP contribution in [-0.4, -0.2) is 6.54 Å². The molecule has 1 aliphatic rings. The van der Waals surface area contributed by atoms with Gasteiger partial charge in [-0.25, -0.2) is 0 Å². The summed E-state index contributed by atoms with van der Waals surface area (Å²) in [5.74, 6) is 0.712. The summed E-state index contributed by atoms with van der Waals surface area (Å²) in [5, 5.41) is 3.68. The summed E-state index contributed by atoms with van der Waals surface area (Å²) in [6.07, 6.45) is 3.57. The van der Waals surface area contributed by atoms with Gasteiger partial charge < -0.3 is 5.32 Å². The van der Waals surface area contributed by atoms with Crippen LogP contribution in [0, 0.1) is 0 Å². The quantitative estimate of drug-likeness (QED) is 0.812. The number of benzene rings is 1. The molecule has 0 spiro atoms. The molecule has 0 fully saturated rings. The highest BCUT2D eigenvalue weighted by Gasteiger charge is 2.24. The van der Waals surface area contributed by atoms with Crippen LogP contribution in [0.25, 0.3) is 0 Å². The molecule has 16 heavy (non-hydrogen) atoms. The number of nitrogens with one attached hydrogen (secondary N) is 1. The summed E-state index contributed by atoms with van der Waals surface area (Å²) in [6.45, 7) is 7.94. The van der Waals surface area contributed by atoms with E-state index in [0.717, 1.165) is 13.0 Å². The summed E-state index contributed by atoms with van der Waals surface area (Å²) in [5.41, 5.74) is 4.61. The topological polar surface area (TPSA) is 12.0 Å². The van der Waals surface area contributed by atoms with Gasteiger partial charge in [0.25, 0.3) is 0 Å². The van der Waals surface area contributed by atoms with Gasteiger partial charge in [0, 0.05) is 12.6 Å². The number of hydrogen-bond donors (Lipinski definition) is 1. The lowest BCUT2D eigenvalue weighted by Crippen LogP contribution is -2.32. The van der Waals surface area contributed by atoms with Crippen LogP contribution in [0.4, 0.5) is 0 Å². The molecular weight excluding hydrogens is 194 g/mol. The van der Waals surface area contributed by atoms with Crippen molar-refractivity contribution in [2.75, 3.05) is 6.54 Å². The van der Waals surface area contributed by atoms with E-state index in [0.29, 0.717) is 12.0 Å². The molecule has 1 heterocycles. The molecule has 0 amide bonds. The molecule has 88 valence electrons. The molecule has 0 radical (unpaired) electrons. The molecular formula is C15H23N. The van der Waals surface area contributed by atoms with E-state index in [9.17, 15) is 0 Å². The molecule has 0 saturated heterocycles. The van der Waals surface area contributed by atoms with Gasteiger partial charge in [0.1, 0.15) is 0 Å². The van der Waals surface area contributed by atoms with Gasteiger partial charge in [0.15, 0.2) is 0 Å². The van der Waals surface area contributed by atoms with Gasteiger partial charge in [-0.3, -0.25) is 0 Å². The molecule has 1 aromatic carbocycles. The van der Waals surface area contributed by atoms with Gasteiger partial charge >= 0.3 is 0 Å². The van der Waals surface area contributed by atoms with Gasteiger partial charge in [0.05, 0.1) is 0 Å². The van der Waals surface area contributed by atoms with E-state index < -0.39 is 0 Å². The Balaban J connectivity index is 2.41. The molecule has 1 nitrogen and oxygen atoms in total. The fourth-order valence-electron chi connectivity index (χ4n) is 2.75. The van der Waals surface area contributed by atoms with Crippen LogP contribution in [0.5, 0.6) is 0 Å². The lowest BCUT2D eigenvalue weighted by Gasteiger charge is -2.32. The van der Waals surface area contributed by atoms with Gasteiger partial charge in [-0.2, -0.15) is 0 Å². The van der Waals surface area contributed by atoms with E-state index in [1.165, 1.54) is 18.4 Å². The summed E-state index contributed by atoms with van der Waals surface area (Å²) >= 11 is 0. The first kappa shape index (κ1) is 11.7. The average Bonchev–Trinajstić information content (AvgIpc) is 2.36. The minimum Gasteiger partial charge on any atom is -0.309 e. The third-order valence-corrected chi connectivity index (χ3v) is 3.89. The van der Waals surface area contributed by atoms with E-state index in [4.69, 9.17) is 0 Å². The fourth-order valence-corrected chi connectivity index (χ4v) is 2.75. The second-order valence-corrected chi connectivity index (χ2v) is 4.79. The predicted octanol–water partition coefficient (Wildman–Crippen LogP) is 3.80. The van der Waals surface area contributed by atoms with E-state index in [2.05, 4.69) is 44.3 Å². The van der Waals surface area contributed by atoms with Gasteiger partial charge in [-0.15, -0.1) is 0 Å². The van der Waals surface area contributed by atoms with Gasteiger partial charge in [-0.05, 0) is 41.9 Å². The van der Waals surface area contributed by atoms with Crippen molar-refractivity contribution in [3.63, 3.8) is 0 Å². The number of rotatable bonds is 3. The van der Waals surface area contributed by atoms with Crippen molar-refractivity contribution < 1.29 is 0 Å². The first-order valence-electron chi connectivity index (χ1n) is 6.66. The molecule has 1 aliphatic heterocycles. The zero-order valence-electron chi connectivity index (χ0n) is 10.7. The molecule has 1 N–H and O–H groups in total. The standard InChI is InChI=1S/C15H23N/c1-4-11-7-8-13-12(5-2)10-16-15(6-3)14(13)9-11/h7-9,12,15-16H,4-6,10H2,1-3H3. The zero-order chi connectivity index (χ0) is 11.5. The number of hydrogen-bond acceptors (Lipinski definition) is 1. The minimum atomic E-state index is 0.573. The molecule has 0 aliphatic carbocycles. The van der Waals surface area contributed by atoms with Crippen LogP contribution in [0.15, 0.2) is 18.2 Å². The maximum absolute atomic E-state index is 3.68. The highest BCUT2D eigenvalue weighted by atomic mass is 14.9. The minimum absolute atomic E-state index is 0.573. The maximum Gasteiger partial charge on any atom is 0.0320 e. The van der Waals surface area contributed by atoms with Crippen molar-refractivity contribution in [2.24, 2.45) is 0 Å². The Hall–Kier alpha value is -0.820. The Morgan fingerprint density at radius 2 is 1.94 bits per heavy atom. The molecule has 1 aromatic rings. The van der Waals surface area contributed by atoms with Gasteiger partial charge in [-0.1, -0.05) is 39.0 Å². The van der Waals surface area contributed by atoms with Crippen LogP contribution in [0.1, 0.15) is 62.3 Å². The fraction of sp³-hybridized carbons (Fsp3) is 0.600. The molecule has 0 saturated carbocycles. The summed E-state index contributed by atoms with van der Waals surface area (Å²) in [7, 11) is 0. The van der Waals surface area contributed by atoms with Crippen LogP contribution in [0.3, 0.4) is 0 Å². The zero-order valence-corrected chi connectivity index (χ0v) is 10.7. The van der Waals surface area contributed by atoms with E-state index >= 15 is 0 Å². The van der Waals surface area contributed by atoms with Crippen LogP contribution in [0.2, 0.25) is 0 Å². The SMILES string of the molecule is CCc1ccc2c(c1)C(CC)NCC2CC. The summed E-state index contributed by atoms with van der Waals surface area (Å²) in [6, 6.07) is 7.66. The molecule has 2 rings (SSSR count). The van der Waals surface area contributed by atoms with Crippen LogP contribution >= 0.6 is 0 Å². The maximum atomic E-state index is 3.68. The van der Waals surface area contributed by atoms with E-state index in [-0.39, 0.29) is 0 Å². The van der Waals surface area contributed by atoms with Crippen molar-refractivity contribution >= 4 is 0 Å². The third kappa shape index (κ3) is 2.01. The predicted molar refractivity (Wildman–Crippen MR) is 69.9 cm³/mol. The van der Waals surface area contributed by atoms with Crippen molar-refractivity contribution in [3.05, 3.63) is 34.9 Å². The highest BCUT2D eigenvalue weighted by Crippen LogP contribution is 2.34. The van der Waals surface area contributed by atoms with Crippen molar-refractivity contribution in [2.45, 2.75) is 52.0 Å². The molecule has 2 unspecified atom stereocenters. The first-order chi connectivity index (χ1) is 7.80. The molecule has 1 heteroatoms. The Labute approximate surface area is 99.3 Å². The average molecular weight is 217 g/mol. The highest BCUT2D eigenvalue weighted by molar-refractivity contribution is 5.39. The van der Waals surface area contributed by atoms with Crippen LogP contribution in [-0.2, 0) is 6.42 Å². The number of fused-ring (bicyclic) bond motifs is 1. The Morgan fingerprint density at radius 3 is 2.56 bits per heavy atom. The van der Waals surface area contributed by atoms with Crippen molar-refractivity contribution in [3.8, 4) is 0 Å². The van der Waals surface area contributed by atoms with E-state index in [1.54, 1.807) is 11.1 Å². The largest absolute Gasteiger partial charge is 0.309 e. The smallest absolute Gasteiger partial charge is 0.0320 e. The third-order valence-electron chi connectivity index (χ3n) is 3.89. The Bertz CT molecular complexity index is 356. The second kappa shape index (κ2) is 5.01. The molecule has 0 aromatic heterocycles. The van der Waals surface area contributed by atoms with E-state index in [1.807, 2.05) is 0 Å². The Kier molecular flexibility index (Phi) is 3.65. The van der Waals surface area contributed by atoms with Crippen molar-refractivity contribution in [1.82, 2.24) is 5.32 Å². The monoisotopic (exact) mass is 217 g/mol. The van der Waals surface area contributed by atoms with Gasteiger partial charge in [0.2, 0.25) is 0 Å². The molecule has 2 atom stereocenters. The summed E-state index contributed by atoms with van der Waals surface area (Å²) in [4.78, 5) is 0. The van der Waals surface area contributed by atoms with Crippen LogP contribution < -0.4 is 5.32 Å². The summed E-state index contributed by atoms with van der Waals surface area (Å²) < 4.78 is 0. The Morgan fingerprint density at radius 1 is 1.12 bits per heavy atom.